The molecule has 0 saturated heterocycles. The van der Waals surface area contributed by atoms with Gasteiger partial charge >= 0.3 is 0 Å². The van der Waals surface area contributed by atoms with Gasteiger partial charge in [0.2, 0.25) is 0 Å². The van der Waals surface area contributed by atoms with Crippen molar-refractivity contribution < 1.29 is 0 Å². The Kier molecular flexibility index (Phi) is 3.14. The van der Waals surface area contributed by atoms with E-state index in [0.29, 0.717) is 0 Å². The van der Waals surface area contributed by atoms with Crippen molar-refractivity contribution in [2.45, 2.75) is 0 Å². The summed E-state index contributed by atoms with van der Waals surface area (Å²) >= 11 is 2.14. The minimum atomic E-state index is 1.50. The molecule has 3 nitrogen and oxygen atoms in total. The first kappa shape index (κ1) is 7.46. The first-order valence-electron chi connectivity index (χ1n) is 2.72. The van der Waals surface area contributed by atoms with E-state index in [1.54, 1.807) is 12.4 Å². The Morgan fingerprint density at radius 2 is 1.90 bits per heavy atom. The predicted octanol–water partition coefficient (Wildman–Crippen LogP) is 1.60. The summed E-state index contributed by atoms with van der Waals surface area (Å²) < 4.78 is 1.87. The Bertz CT molecular complexity index is 220. The Hall–Kier alpha value is -0.650. The summed E-state index contributed by atoms with van der Waals surface area (Å²) in [5.74, 6) is 0. The van der Waals surface area contributed by atoms with Crippen LogP contribution >= 0.6 is 22.9 Å². The van der Waals surface area contributed by atoms with Crippen LogP contribution in [-0.4, -0.2) is 12.7 Å². The zero-order valence-corrected chi connectivity index (χ0v) is 7.34. The van der Waals surface area contributed by atoms with Gasteiger partial charge in [0, 0.05) is 24.8 Å². The molecular weight excluding hydrogens is 241 g/mol. The third kappa shape index (κ3) is 2.77. The van der Waals surface area contributed by atoms with E-state index in [-0.39, 0.29) is 0 Å². The van der Waals surface area contributed by atoms with E-state index in [9.17, 15) is 0 Å². The van der Waals surface area contributed by atoms with Crippen molar-refractivity contribution in [3.05, 3.63) is 37.2 Å². The molecule has 0 aromatic carbocycles. The Balaban J connectivity index is 3.13. The SMILES string of the molecule is In1cccncncc1. The van der Waals surface area contributed by atoms with Gasteiger partial charge in [0.05, 0.1) is 22.9 Å². The normalized spacial score (nSPS) is 8.50. The van der Waals surface area contributed by atoms with Crippen LogP contribution in [0.1, 0.15) is 0 Å². The summed E-state index contributed by atoms with van der Waals surface area (Å²) in [6.07, 6.45) is 8.58. The Labute approximate surface area is 73.0 Å². The second-order valence-electron chi connectivity index (χ2n) is 1.55. The summed E-state index contributed by atoms with van der Waals surface area (Å²) in [5.41, 5.74) is 0. The van der Waals surface area contributed by atoms with Gasteiger partial charge in [0.15, 0.2) is 0 Å². The van der Waals surface area contributed by atoms with Crippen LogP contribution in [-0.2, 0) is 0 Å². The molecular formula is C6H6IN3. The molecule has 0 bridgehead atoms. The summed E-state index contributed by atoms with van der Waals surface area (Å²) in [7, 11) is 0. The van der Waals surface area contributed by atoms with Crippen LogP contribution in [0, 0.1) is 0 Å². The zero-order valence-electron chi connectivity index (χ0n) is 5.18. The van der Waals surface area contributed by atoms with Crippen LogP contribution in [0.25, 0.3) is 0 Å². The minimum absolute atomic E-state index is 1.50. The van der Waals surface area contributed by atoms with E-state index in [4.69, 9.17) is 0 Å². The molecule has 1 aromatic heterocycles. The molecule has 0 unspecified atom stereocenters. The van der Waals surface area contributed by atoms with Crippen LogP contribution in [0.3, 0.4) is 0 Å². The van der Waals surface area contributed by atoms with Gasteiger partial charge in [0.1, 0.15) is 6.33 Å². The van der Waals surface area contributed by atoms with Crippen molar-refractivity contribution in [1.29, 1.82) is 0 Å². The number of nitrogens with zero attached hydrogens (tertiary/aromatic N) is 3. The first-order valence-corrected chi connectivity index (χ1v) is 3.68. The summed E-state index contributed by atoms with van der Waals surface area (Å²) in [5, 5.41) is 0. The van der Waals surface area contributed by atoms with Gasteiger partial charge in [0.25, 0.3) is 0 Å². The van der Waals surface area contributed by atoms with Crippen molar-refractivity contribution in [2.24, 2.45) is 0 Å². The van der Waals surface area contributed by atoms with E-state index in [0.717, 1.165) is 0 Å². The van der Waals surface area contributed by atoms with Crippen LogP contribution in [0.4, 0.5) is 0 Å². The van der Waals surface area contributed by atoms with Crippen molar-refractivity contribution in [3.8, 4) is 0 Å². The average molecular weight is 247 g/mol. The number of hydrogen-bond acceptors (Lipinski definition) is 2. The van der Waals surface area contributed by atoms with E-state index in [1.807, 2.05) is 21.2 Å². The standard InChI is InChI=1S/C6H6IN3/c7-10-4-1-2-8-6-9-3-5-10/h1-6H. The lowest BCUT2D eigenvalue weighted by atomic mass is 10.7. The van der Waals surface area contributed by atoms with Crippen molar-refractivity contribution in [2.75, 3.05) is 0 Å². The number of rotatable bonds is 0. The molecule has 1 aromatic rings. The number of halogens is 1. The molecule has 0 aliphatic heterocycles. The first-order chi connectivity index (χ1) is 4.89. The summed E-state index contributed by atoms with van der Waals surface area (Å²) in [6, 6.07) is 1.84. The fourth-order valence-electron chi connectivity index (χ4n) is 0.438. The molecule has 0 fully saturated rings. The predicted molar refractivity (Wildman–Crippen MR) is 47.1 cm³/mol. The third-order valence-corrected chi connectivity index (χ3v) is 1.47. The van der Waals surface area contributed by atoms with Gasteiger partial charge in [-0.1, -0.05) is 0 Å². The third-order valence-electron chi connectivity index (χ3n) is 0.829. The molecule has 10 heavy (non-hydrogen) atoms. The molecule has 0 radical (unpaired) electrons. The highest BCUT2D eigenvalue weighted by molar-refractivity contribution is 14.1. The van der Waals surface area contributed by atoms with Gasteiger partial charge < -0.3 is 0 Å². The van der Waals surface area contributed by atoms with Crippen LogP contribution < -0.4 is 0 Å². The van der Waals surface area contributed by atoms with Gasteiger partial charge in [-0.15, -0.1) is 0 Å². The van der Waals surface area contributed by atoms with Crippen molar-refractivity contribution in [3.63, 3.8) is 0 Å². The topological polar surface area (TPSA) is 30.7 Å². The zero-order chi connectivity index (χ0) is 7.23. The fourth-order valence-corrected chi connectivity index (χ4v) is 0.767. The van der Waals surface area contributed by atoms with E-state index in [1.165, 1.54) is 6.33 Å². The van der Waals surface area contributed by atoms with Crippen LogP contribution in [0.15, 0.2) is 37.2 Å². The highest BCUT2D eigenvalue weighted by Crippen LogP contribution is 1.87. The largest absolute Gasteiger partial charge is 0.296 e. The van der Waals surface area contributed by atoms with Crippen molar-refractivity contribution >= 4 is 22.9 Å². The highest BCUT2D eigenvalue weighted by Gasteiger charge is 1.68. The molecule has 4 heteroatoms. The lowest BCUT2D eigenvalue weighted by Crippen LogP contribution is -1.70. The van der Waals surface area contributed by atoms with Gasteiger partial charge in [-0.2, -0.15) is 0 Å². The monoisotopic (exact) mass is 247 g/mol. The molecule has 1 heterocycles. The molecule has 0 N–H and O–H groups in total. The lowest BCUT2D eigenvalue weighted by molar-refractivity contribution is 1.20. The van der Waals surface area contributed by atoms with Gasteiger partial charge in [-0.05, 0) is 6.07 Å². The minimum Gasteiger partial charge on any atom is -0.296 e. The summed E-state index contributed by atoms with van der Waals surface area (Å²) in [6.45, 7) is 0. The second kappa shape index (κ2) is 4.21. The molecule has 0 amide bonds. The molecule has 52 valence electrons. The van der Waals surface area contributed by atoms with Crippen LogP contribution in [0.5, 0.6) is 0 Å². The summed E-state index contributed by atoms with van der Waals surface area (Å²) in [4.78, 5) is 7.69. The lowest BCUT2D eigenvalue weighted by Gasteiger charge is -1.81. The quantitative estimate of drug-likeness (QED) is 0.652. The number of hydrogen-bond donors (Lipinski definition) is 0. The molecule has 0 atom stereocenters. The maximum absolute atomic E-state index is 3.85. The molecule has 0 saturated carbocycles. The maximum atomic E-state index is 3.85. The van der Waals surface area contributed by atoms with E-state index >= 15 is 0 Å². The molecule has 1 rings (SSSR count). The second-order valence-corrected chi connectivity index (χ2v) is 2.66. The molecule has 0 spiro atoms. The maximum Gasteiger partial charge on any atom is 0.115 e. The highest BCUT2D eigenvalue weighted by atomic mass is 127. The molecule has 0 aliphatic carbocycles. The smallest absolute Gasteiger partial charge is 0.115 e. The molecule has 0 aliphatic rings. The Morgan fingerprint density at radius 3 is 2.80 bits per heavy atom. The fraction of sp³-hybridized carbons (Fsp3) is 0. The van der Waals surface area contributed by atoms with Crippen LogP contribution in [0.2, 0.25) is 0 Å². The van der Waals surface area contributed by atoms with E-state index < -0.39 is 0 Å². The van der Waals surface area contributed by atoms with Gasteiger partial charge in [-0.3, -0.25) is 2.78 Å². The van der Waals surface area contributed by atoms with Crippen molar-refractivity contribution in [1.82, 2.24) is 12.7 Å². The number of aromatic nitrogens is 3. The van der Waals surface area contributed by atoms with Gasteiger partial charge in [-0.25, -0.2) is 9.97 Å². The Morgan fingerprint density at radius 1 is 1.10 bits per heavy atom. The van der Waals surface area contributed by atoms with E-state index in [2.05, 4.69) is 32.8 Å². The average Bonchev–Trinajstić information content (AvgIpc) is 2.02.